The Morgan fingerprint density at radius 3 is 1.29 bits per heavy atom. The molecule has 0 spiro atoms. The van der Waals surface area contributed by atoms with E-state index in [9.17, 15) is 9.59 Å². The van der Waals surface area contributed by atoms with Crippen molar-refractivity contribution in [1.82, 2.24) is 0 Å². The lowest BCUT2D eigenvalue weighted by Gasteiger charge is -2.26. The summed E-state index contributed by atoms with van der Waals surface area (Å²) >= 11 is 0. The summed E-state index contributed by atoms with van der Waals surface area (Å²) in [4.78, 5) is 24.3. The van der Waals surface area contributed by atoms with Crippen LogP contribution in [0.15, 0.2) is 0 Å². The lowest BCUT2D eigenvalue weighted by Crippen LogP contribution is -2.28. The minimum atomic E-state index is -0.0674. The highest BCUT2D eigenvalue weighted by Crippen LogP contribution is 2.30. The Hall–Kier alpha value is -1.06. The number of unbranched alkanes of at least 4 members (excludes halogenated alkanes) is 10. The van der Waals surface area contributed by atoms with Crippen LogP contribution in [-0.2, 0) is 19.1 Å². The third-order valence-electron chi connectivity index (χ3n) is 5.88. The molecule has 0 amide bonds. The number of hydrogen-bond acceptors (Lipinski definition) is 4. The van der Waals surface area contributed by atoms with Gasteiger partial charge in [0.05, 0.1) is 25.0 Å². The largest absolute Gasteiger partial charge is 0.465 e. The van der Waals surface area contributed by atoms with Crippen LogP contribution >= 0.6 is 0 Å². The van der Waals surface area contributed by atoms with Crippen LogP contribution in [0.1, 0.15) is 117 Å². The van der Waals surface area contributed by atoms with Crippen LogP contribution in [-0.4, -0.2) is 25.2 Å². The van der Waals surface area contributed by atoms with E-state index in [2.05, 4.69) is 13.8 Å². The molecule has 4 nitrogen and oxygen atoms in total. The Morgan fingerprint density at radius 1 is 0.571 bits per heavy atom. The molecule has 28 heavy (non-hydrogen) atoms. The zero-order chi connectivity index (χ0) is 20.5. The minimum absolute atomic E-state index is 0.0251. The van der Waals surface area contributed by atoms with Crippen LogP contribution in [0.25, 0.3) is 0 Å². The fourth-order valence-electron chi connectivity index (χ4n) is 3.91. The predicted octanol–water partition coefficient (Wildman–Crippen LogP) is 6.60. The summed E-state index contributed by atoms with van der Waals surface area (Å²) < 4.78 is 10.9. The summed E-state index contributed by atoms with van der Waals surface area (Å²) in [5, 5.41) is 0. The molecule has 1 aliphatic carbocycles. The van der Waals surface area contributed by atoms with Gasteiger partial charge < -0.3 is 9.47 Å². The topological polar surface area (TPSA) is 52.6 Å². The van der Waals surface area contributed by atoms with Crippen molar-refractivity contribution in [1.29, 1.82) is 0 Å². The highest BCUT2D eigenvalue weighted by atomic mass is 16.5. The fourth-order valence-corrected chi connectivity index (χ4v) is 3.91. The number of hydrogen-bond donors (Lipinski definition) is 0. The summed E-state index contributed by atoms with van der Waals surface area (Å²) in [6.07, 6.45) is 17.5. The second-order valence-corrected chi connectivity index (χ2v) is 8.42. The summed E-state index contributed by atoms with van der Waals surface area (Å²) in [6.45, 7) is 5.50. The standard InChI is InChI=1S/C24H44O4/c1-3-5-7-9-10-11-12-14-20-28-24(26)22-17-15-21(16-18-22)23(25)27-19-13-8-6-4-2/h21-22H,3-20H2,1-2H3. The van der Waals surface area contributed by atoms with Crippen molar-refractivity contribution in [2.45, 2.75) is 117 Å². The number of carbonyl (C=O) groups is 2. The van der Waals surface area contributed by atoms with Crippen molar-refractivity contribution in [3.8, 4) is 0 Å². The minimum Gasteiger partial charge on any atom is -0.465 e. The van der Waals surface area contributed by atoms with Crippen LogP contribution in [0.3, 0.4) is 0 Å². The Labute approximate surface area is 173 Å². The number of carbonyl (C=O) groups excluding carboxylic acids is 2. The van der Waals surface area contributed by atoms with E-state index in [0.29, 0.717) is 13.2 Å². The Morgan fingerprint density at radius 2 is 0.893 bits per heavy atom. The van der Waals surface area contributed by atoms with Gasteiger partial charge in [0, 0.05) is 0 Å². The monoisotopic (exact) mass is 396 g/mol. The molecule has 0 atom stereocenters. The maximum absolute atomic E-state index is 12.2. The van der Waals surface area contributed by atoms with Gasteiger partial charge in [0.15, 0.2) is 0 Å². The average molecular weight is 397 g/mol. The van der Waals surface area contributed by atoms with E-state index >= 15 is 0 Å². The molecule has 0 saturated heterocycles. The molecule has 0 aromatic rings. The molecule has 1 rings (SSSR count). The quantitative estimate of drug-likeness (QED) is 0.218. The van der Waals surface area contributed by atoms with Crippen LogP contribution in [0.5, 0.6) is 0 Å². The third-order valence-corrected chi connectivity index (χ3v) is 5.88. The molecule has 0 aromatic carbocycles. The Bertz CT molecular complexity index is 399. The van der Waals surface area contributed by atoms with Crippen LogP contribution in [0.4, 0.5) is 0 Å². The van der Waals surface area contributed by atoms with Gasteiger partial charge >= 0.3 is 11.9 Å². The van der Waals surface area contributed by atoms with Crippen molar-refractivity contribution in [2.75, 3.05) is 13.2 Å². The second-order valence-electron chi connectivity index (χ2n) is 8.42. The summed E-state index contributed by atoms with van der Waals surface area (Å²) in [7, 11) is 0. The first-order valence-corrected chi connectivity index (χ1v) is 12.0. The molecular formula is C24H44O4. The van der Waals surface area contributed by atoms with Crippen LogP contribution in [0, 0.1) is 11.8 Å². The van der Waals surface area contributed by atoms with Crippen molar-refractivity contribution < 1.29 is 19.1 Å². The molecule has 0 aromatic heterocycles. The molecule has 0 N–H and O–H groups in total. The first kappa shape index (κ1) is 25.0. The van der Waals surface area contributed by atoms with E-state index in [1.807, 2.05) is 0 Å². The van der Waals surface area contributed by atoms with Crippen molar-refractivity contribution in [2.24, 2.45) is 11.8 Å². The lowest BCUT2D eigenvalue weighted by molar-refractivity contribution is -0.155. The molecule has 0 aliphatic heterocycles. The highest BCUT2D eigenvalue weighted by molar-refractivity contribution is 5.75. The Kier molecular flexibility index (Phi) is 15.0. The maximum atomic E-state index is 12.2. The van der Waals surface area contributed by atoms with Crippen molar-refractivity contribution in [3.63, 3.8) is 0 Å². The zero-order valence-corrected chi connectivity index (χ0v) is 18.5. The molecule has 0 unspecified atom stereocenters. The summed E-state index contributed by atoms with van der Waals surface area (Å²) in [6, 6.07) is 0. The number of ether oxygens (including phenoxy) is 2. The van der Waals surface area contributed by atoms with E-state index in [0.717, 1.165) is 51.4 Å². The van der Waals surface area contributed by atoms with Crippen LogP contribution in [0.2, 0.25) is 0 Å². The molecule has 0 radical (unpaired) electrons. The van der Waals surface area contributed by atoms with Crippen molar-refractivity contribution >= 4 is 11.9 Å². The highest BCUT2D eigenvalue weighted by Gasteiger charge is 2.31. The van der Waals surface area contributed by atoms with E-state index in [1.54, 1.807) is 0 Å². The van der Waals surface area contributed by atoms with Gasteiger partial charge in [-0.05, 0) is 38.5 Å². The molecular weight excluding hydrogens is 352 g/mol. The van der Waals surface area contributed by atoms with Crippen LogP contribution < -0.4 is 0 Å². The normalized spacial score (nSPS) is 19.4. The molecule has 4 heteroatoms. The Balaban J connectivity index is 2.02. The molecule has 1 saturated carbocycles. The molecule has 164 valence electrons. The first-order chi connectivity index (χ1) is 13.7. The van der Waals surface area contributed by atoms with E-state index in [1.165, 1.54) is 51.4 Å². The lowest BCUT2D eigenvalue weighted by atomic mass is 9.82. The van der Waals surface area contributed by atoms with Gasteiger partial charge in [0.25, 0.3) is 0 Å². The molecule has 0 heterocycles. The van der Waals surface area contributed by atoms with Crippen molar-refractivity contribution in [3.05, 3.63) is 0 Å². The summed E-state index contributed by atoms with van der Waals surface area (Å²) in [5.41, 5.74) is 0. The molecule has 0 bridgehead atoms. The van der Waals surface area contributed by atoms with E-state index in [-0.39, 0.29) is 23.8 Å². The van der Waals surface area contributed by atoms with Gasteiger partial charge in [0.1, 0.15) is 0 Å². The van der Waals surface area contributed by atoms with Gasteiger partial charge in [-0.2, -0.15) is 0 Å². The van der Waals surface area contributed by atoms with Gasteiger partial charge in [-0.1, -0.05) is 78.1 Å². The third kappa shape index (κ3) is 11.7. The molecule has 1 fully saturated rings. The molecule has 1 aliphatic rings. The van der Waals surface area contributed by atoms with E-state index in [4.69, 9.17) is 9.47 Å². The van der Waals surface area contributed by atoms with E-state index < -0.39 is 0 Å². The van der Waals surface area contributed by atoms with Gasteiger partial charge in [-0.25, -0.2) is 0 Å². The van der Waals surface area contributed by atoms with Gasteiger partial charge in [0.2, 0.25) is 0 Å². The fraction of sp³-hybridized carbons (Fsp3) is 0.917. The number of rotatable bonds is 16. The SMILES string of the molecule is CCCCCCCCCCOC(=O)C1CCC(C(=O)OCCCCCC)CC1. The average Bonchev–Trinajstić information content (AvgIpc) is 2.72. The number of esters is 2. The zero-order valence-electron chi connectivity index (χ0n) is 18.5. The predicted molar refractivity (Wildman–Crippen MR) is 114 cm³/mol. The first-order valence-electron chi connectivity index (χ1n) is 12.0. The summed E-state index contributed by atoms with van der Waals surface area (Å²) in [5.74, 6) is -0.179. The smallest absolute Gasteiger partial charge is 0.308 e. The van der Waals surface area contributed by atoms with Gasteiger partial charge in [-0.3, -0.25) is 9.59 Å². The second kappa shape index (κ2) is 16.9. The van der Waals surface area contributed by atoms with Gasteiger partial charge in [-0.15, -0.1) is 0 Å². The maximum Gasteiger partial charge on any atom is 0.308 e.